The Labute approximate surface area is 108 Å². The molecule has 1 saturated heterocycles. The Morgan fingerprint density at radius 1 is 1.50 bits per heavy atom. The minimum Gasteiger partial charge on any atom is -0.469 e. The molecule has 104 valence electrons. The van der Waals surface area contributed by atoms with E-state index in [1.54, 1.807) is 11.9 Å². The zero-order valence-electron chi connectivity index (χ0n) is 11.1. The van der Waals surface area contributed by atoms with Gasteiger partial charge in [0.2, 0.25) is 5.91 Å². The van der Waals surface area contributed by atoms with E-state index in [0.717, 1.165) is 6.54 Å². The molecule has 18 heavy (non-hydrogen) atoms. The summed E-state index contributed by atoms with van der Waals surface area (Å²) in [7, 11) is 3.12. The number of ether oxygens (including phenoxy) is 2. The van der Waals surface area contributed by atoms with Crippen molar-refractivity contribution < 1.29 is 19.1 Å². The fourth-order valence-electron chi connectivity index (χ4n) is 1.80. The van der Waals surface area contributed by atoms with Crippen LogP contribution in [0.1, 0.15) is 19.3 Å². The van der Waals surface area contributed by atoms with Gasteiger partial charge in [-0.15, -0.1) is 0 Å². The van der Waals surface area contributed by atoms with Crippen LogP contribution in [0.3, 0.4) is 0 Å². The molecule has 1 atom stereocenters. The predicted molar refractivity (Wildman–Crippen MR) is 66.1 cm³/mol. The molecule has 1 N–H and O–H groups in total. The van der Waals surface area contributed by atoms with E-state index in [0.29, 0.717) is 39.0 Å². The van der Waals surface area contributed by atoms with Crippen molar-refractivity contribution in [3.63, 3.8) is 0 Å². The van der Waals surface area contributed by atoms with Crippen molar-refractivity contribution in [1.82, 2.24) is 10.2 Å². The number of nitrogens with one attached hydrogen (secondary N) is 1. The molecular formula is C12H22N2O4. The van der Waals surface area contributed by atoms with E-state index < -0.39 is 0 Å². The van der Waals surface area contributed by atoms with Gasteiger partial charge in [-0.25, -0.2) is 0 Å². The molecule has 1 amide bonds. The van der Waals surface area contributed by atoms with Crippen LogP contribution in [0.5, 0.6) is 0 Å². The molecule has 6 nitrogen and oxygen atoms in total. The van der Waals surface area contributed by atoms with Crippen LogP contribution in [0.25, 0.3) is 0 Å². The average Bonchev–Trinajstić information content (AvgIpc) is 2.39. The highest BCUT2D eigenvalue weighted by Gasteiger charge is 2.19. The topological polar surface area (TPSA) is 67.9 Å². The molecule has 0 bridgehead atoms. The minimum absolute atomic E-state index is 0.0721. The van der Waals surface area contributed by atoms with Crippen LogP contribution >= 0.6 is 0 Å². The largest absolute Gasteiger partial charge is 0.469 e. The molecule has 0 spiro atoms. The second-order valence-corrected chi connectivity index (χ2v) is 4.43. The summed E-state index contributed by atoms with van der Waals surface area (Å²) in [5.74, 6) is -0.166. The van der Waals surface area contributed by atoms with Crippen LogP contribution in [0.4, 0.5) is 0 Å². The minimum atomic E-state index is -0.238. The average molecular weight is 258 g/mol. The van der Waals surface area contributed by atoms with Crippen LogP contribution in [0, 0.1) is 0 Å². The van der Waals surface area contributed by atoms with Crippen molar-refractivity contribution in [1.29, 1.82) is 0 Å². The molecular weight excluding hydrogens is 236 g/mol. The van der Waals surface area contributed by atoms with Crippen LogP contribution < -0.4 is 5.32 Å². The smallest absolute Gasteiger partial charge is 0.305 e. The van der Waals surface area contributed by atoms with Gasteiger partial charge in [0.05, 0.1) is 20.3 Å². The Morgan fingerprint density at radius 3 is 2.89 bits per heavy atom. The maximum Gasteiger partial charge on any atom is 0.305 e. The molecule has 0 aromatic rings. The van der Waals surface area contributed by atoms with Crippen LogP contribution in [-0.4, -0.2) is 63.3 Å². The third-order valence-electron chi connectivity index (χ3n) is 2.95. The number of esters is 1. The summed E-state index contributed by atoms with van der Waals surface area (Å²) in [6.45, 7) is 2.66. The van der Waals surface area contributed by atoms with Gasteiger partial charge in [0.25, 0.3) is 0 Å². The maximum absolute atomic E-state index is 11.9. The van der Waals surface area contributed by atoms with E-state index in [-0.39, 0.29) is 17.9 Å². The standard InChI is InChI=1S/C12H22N2O4/c1-14(6-3-4-12(16)17-2)11(15)8-10-9-18-7-5-13-10/h10,13H,3-9H2,1-2H3. The van der Waals surface area contributed by atoms with E-state index in [2.05, 4.69) is 10.1 Å². The summed E-state index contributed by atoms with van der Waals surface area (Å²) in [6.07, 6.45) is 1.41. The number of amides is 1. The number of methoxy groups -OCH3 is 1. The highest BCUT2D eigenvalue weighted by Crippen LogP contribution is 2.03. The van der Waals surface area contributed by atoms with Crippen molar-refractivity contribution in [2.24, 2.45) is 0 Å². The molecule has 0 aromatic carbocycles. The molecule has 6 heteroatoms. The Kier molecular flexibility index (Phi) is 6.67. The lowest BCUT2D eigenvalue weighted by molar-refractivity contribution is -0.141. The van der Waals surface area contributed by atoms with Gasteiger partial charge in [-0.2, -0.15) is 0 Å². The monoisotopic (exact) mass is 258 g/mol. The molecule has 1 unspecified atom stereocenters. The third kappa shape index (κ3) is 5.46. The highest BCUT2D eigenvalue weighted by atomic mass is 16.5. The summed E-state index contributed by atoms with van der Waals surface area (Å²) in [6, 6.07) is 0.106. The number of carbonyl (C=O) groups excluding carboxylic acids is 2. The lowest BCUT2D eigenvalue weighted by Crippen LogP contribution is -2.44. The number of morpholine rings is 1. The van der Waals surface area contributed by atoms with Gasteiger partial charge in [-0.1, -0.05) is 0 Å². The molecule has 1 rings (SSSR count). The summed E-state index contributed by atoms with van der Waals surface area (Å²) >= 11 is 0. The molecule has 1 aliphatic rings. The molecule has 0 radical (unpaired) electrons. The lowest BCUT2D eigenvalue weighted by atomic mass is 10.2. The second-order valence-electron chi connectivity index (χ2n) is 4.43. The first-order valence-corrected chi connectivity index (χ1v) is 6.25. The number of nitrogens with zero attached hydrogens (tertiary/aromatic N) is 1. The molecule has 1 fully saturated rings. The van der Waals surface area contributed by atoms with Gasteiger partial charge < -0.3 is 19.7 Å². The van der Waals surface area contributed by atoms with E-state index in [1.165, 1.54) is 7.11 Å². The van der Waals surface area contributed by atoms with E-state index in [9.17, 15) is 9.59 Å². The molecule has 1 aliphatic heterocycles. The number of hydrogen-bond acceptors (Lipinski definition) is 5. The van der Waals surface area contributed by atoms with Crippen LogP contribution in [0.2, 0.25) is 0 Å². The van der Waals surface area contributed by atoms with Gasteiger partial charge in [-0.05, 0) is 6.42 Å². The van der Waals surface area contributed by atoms with Crippen molar-refractivity contribution in [3.8, 4) is 0 Å². The summed E-state index contributed by atoms with van der Waals surface area (Å²) < 4.78 is 9.84. The summed E-state index contributed by atoms with van der Waals surface area (Å²) in [5, 5.41) is 3.24. The second kappa shape index (κ2) is 8.05. The number of rotatable bonds is 6. The van der Waals surface area contributed by atoms with E-state index >= 15 is 0 Å². The van der Waals surface area contributed by atoms with Gasteiger partial charge in [0, 0.05) is 39.0 Å². The van der Waals surface area contributed by atoms with Crippen molar-refractivity contribution >= 4 is 11.9 Å². The highest BCUT2D eigenvalue weighted by molar-refractivity contribution is 5.76. The summed E-state index contributed by atoms with van der Waals surface area (Å²) in [4.78, 5) is 24.5. The van der Waals surface area contributed by atoms with Crippen LogP contribution in [0.15, 0.2) is 0 Å². The number of hydrogen-bond donors (Lipinski definition) is 1. The summed E-state index contributed by atoms with van der Waals surface area (Å²) in [5.41, 5.74) is 0. The first-order valence-electron chi connectivity index (χ1n) is 6.25. The van der Waals surface area contributed by atoms with Gasteiger partial charge in [0.15, 0.2) is 0 Å². The fourth-order valence-corrected chi connectivity index (χ4v) is 1.80. The Morgan fingerprint density at radius 2 is 2.28 bits per heavy atom. The van der Waals surface area contributed by atoms with E-state index in [1.807, 2.05) is 0 Å². The first kappa shape index (κ1) is 14.9. The van der Waals surface area contributed by atoms with Crippen molar-refractivity contribution in [2.75, 3.05) is 40.5 Å². The van der Waals surface area contributed by atoms with Gasteiger partial charge in [-0.3, -0.25) is 9.59 Å². The number of carbonyl (C=O) groups is 2. The molecule has 0 aromatic heterocycles. The SMILES string of the molecule is COC(=O)CCCN(C)C(=O)CC1COCCN1. The predicted octanol–water partition coefficient (Wildman–Crippen LogP) is -0.223. The van der Waals surface area contributed by atoms with E-state index in [4.69, 9.17) is 4.74 Å². The molecule has 0 aliphatic carbocycles. The lowest BCUT2D eigenvalue weighted by Gasteiger charge is -2.25. The first-order chi connectivity index (χ1) is 8.63. The zero-order chi connectivity index (χ0) is 13.4. The maximum atomic E-state index is 11.9. The van der Waals surface area contributed by atoms with Gasteiger partial charge >= 0.3 is 5.97 Å². The fraction of sp³-hybridized carbons (Fsp3) is 0.833. The van der Waals surface area contributed by atoms with Crippen molar-refractivity contribution in [3.05, 3.63) is 0 Å². The van der Waals surface area contributed by atoms with Crippen LogP contribution in [-0.2, 0) is 19.1 Å². The molecule has 1 heterocycles. The Bertz CT molecular complexity index is 277. The van der Waals surface area contributed by atoms with Crippen molar-refractivity contribution in [2.45, 2.75) is 25.3 Å². The Balaban J connectivity index is 2.17. The zero-order valence-corrected chi connectivity index (χ0v) is 11.1. The Hall–Kier alpha value is -1.14. The van der Waals surface area contributed by atoms with Gasteiger partial charge in [0.1, 0.15) is 0 Å². The third-order valence-corrected chi connectivity index (χ3v) is 2.95. The normalized spacial score (nSPS) is 19.3. The quantitative estimate of drug-likeness (QED) is 0.667. The molecule has 0 saturated carbocycles.